The van der Waals surface area contributed by atoms with Gasteiger partial charge in [0.05, 0.1) is 5.10 Å². The average Bonchev–Trinajstić information content (AvgIpc) is 2.28. The number of nitrogens with zero attached hydrogens (tertiary/aromatic N) is 4. The van der Waals surface area contributed by atoms with Crippen molar-refractivity contribution < 1.29 is 4.85 Å². The lowest BCUT2D eigenvalue weighted by Gasteiger charge is -2.01. The molecule has 0 radical (unpaired) electrons. The van der Waals surface area contributed by atoms with E-state index in [4.69, 9.17) is 5.73 Å². The fourth-order valence-corrected chi connectivity index (χ4v) is 1.67. The van der Waals surface area contributed by atoms with Crippen LogP contribution in [-0.4, -0.2) is 15.1 Å². The Kier molecular flexibility index (Phi) is 1.64. The molecule has 16 heavy (non-hydrogen) atoms. The molecular weight excluding hydrogens is 206 g/mol. The Hall–Kier alpha value is -2.50. The summed E-state index contributed by atoms with van der Waals surface area (Å²) in [6.07, 6.45) is 1.65. The third-order valence-corrected chi connectivity index (χ3v) is 2.35. The minimum atomic E-state index is -0.0550. The highest BCUT2D eigenvalue weighted by Crippen LogP contribution is 2.19. The van der Waals surface area contributed by atoms with Crippen molar-refractivity contribution in [2.24, 2.45) is 0 Å². The van der Waals surface area contributed by atoms with Gasteiger partial charge < -0.3 is 10.9 Å². The normalized spacial score (nSPS) is 11.0. The molecule has 0 saturated carbocycles. The number of hydrogen-bond donors (Lipinski definition) is 1. The van der Waals surface area contributed by atoms with Crippen LogP contribution in [0.5, 0.6) is 0 Å². The maximum Gasteiger partial charge on any atom is 0.288 e. The Bertz CT molecular complexity index is 697. The van der Waals surface area contributed by atoms with Crippen molar-refractivity contribution in [1.82, 2.24) is 15.1 Å². The Morgan fingerprint density at radius 3 is 2.94 bits per heavy atom. The standard InChI is InChI=1S/C10H7N5O/c11-10-13-9-7(15(16)14-10)4-3-6-2-1-5-12-8(6)9/h1-5H,(H2,11,13,14). The Balaban J connectivity index is 2.59. The molecule has 0 unspecified atom stereocenters. The predicted molar refractivity (Wildman–Crippen MR) is 58.2 cm³/mol. The van der Waals surface area contributed by atoms with Crippen LogP contribution in [0.4, 0.5) is 5.95 Å². The number of benzene rings is 1. The molecular formula is C10H7N5O. The van der Waals surface area contributed by atoms with E-state index < -0.39 is 0 Å². The van der Waals surface area contributed by atoms with Crippen LogP contribution < -0.4 is 10.6 Å². The van der Waals surface area contributed by atoms with Crippen LogP contribution in [0.25, 0.3) is 21.9 Å². The summed E-state index contributed by atoms with van der Waals surface area (Å²) in [5.41, 5.74) is 6.93. The zero-order valence-electron chi connectivity index (χ0n) is 8.16. The van der Waals surface area contributed by atoms with Crippen molar-refractivity contribution in [2.45, 2.75) is 0 Å². The highest BCUT2D eigenvalue weighted by Gasteiger charge is 2.12. The van der Waals surface area contributed by atoms with Gasteiger partial charge in [0.25, 0.3) is 11.5 Å². The topological polar surface area (TPSA) is 91.6 Å². The molecule has 2 heterocycles. The number of anilines is 1. The maximum absolute atomic E-state index is 11.5. The summed E-state index contributed by atoms with van der Waals surface area (Å²) in [6.45, 7) is 0. The van der Waals surface area contributed by atoms with Crippen LogP contribution in [0.15, 0.2) is 30.5 Å². The van der Waals surface area contributed by atoms with Crippen molar-refractivity contribution in [2.75, 3.05) is 5.73 Å². The van der Waals surface area contributed by atoms with Crippen molar-refractivity contribution >= 4 is 27.9 Å². The van der Waals surface area contributed by atoms with Gasteiger partial charge in [0.15, 0.2) is 5.52 Å². The van der Waals surface area contributed by atoms with E-state index in [0.29, 0.717) is 21.4 Å². The van der Waals surface area contributed by atoms with Gasteiger partial charge in [-0.15, -0.1) is 0 Å². The summed E-state index contributed by atoms with van der Waals surface area (Å²) >= 11 is 0. The van der Waals surface area contributed by atoms with Crippen LogP contribution in [0, 0.1) is 5.21 Å². The van der Waals surface area contributed by atoms with Crippen LogP contribution in [0.2, 0.25) is 0 Å². The molecule has 0 atom stereocenters. The first-order valence-electron chi connectivity index (χ1n) is 4.66. The van der Waals surface area contributed by atoms with Gasteiger partial charge in [-0.3, -0.25) is 4.98 Å². The van der Waals surface area contributed by atoms with E-state index in [1.54, 1.807) is 18.3 Å². The lowest BCUT2D eigenvalue weighted by Crippen LogP contribution is -2.33. The van der Waals surface area contributed by atoms with E-state index in [1.807, 2.05) is 12.1 Å². The van der Waals surface area contributed by atoms with Crippen molar-refractivity contribution in [3.8, 4) is 0 Å². The van der Waals surface area contributed by atoms with Crippen molar-refractivity contribution in [3.63, 3.8) is 0 Å². The van der Waals surface area contributed by atoms with Gasteiger partial charge in [-0.1, -0.05) is 6.07 Å². The third kappa shape index (κ3) is 1.13. The minimum absolute atomic E-state index is 0.0550. The minimum Gasteiger partial charge on any atom is -0.594 e. The SMILES string of the molecule is Nc1nc2c3ncccc3ccc2[n+]([O-])n1. The zero-order valence-corrected chi connectivity index (χ0v) is 8.16. The Morgan fingerprint density at radius 2 is 2.06 bits per heavy atom. The number of aromatic nitrogens is 4. The lowest BCUT2D eigenvalue weighted by molar-refractivity contribution is -0.641. The highest BCUT2D eigenvalue weighted by atomic mass is 16.5. The van der Waals surface area contributed by atoms with Gasteiger partial charge >= 0.3 is 0 Å². The molecule has 6 nitrogen and oxygen atoms in total. The molecule has 2 N–H and O–H groups in total. The van der Waals surface area contributed by atoms with E-state index in [2.05, 4.69) is 15.1 Å². The highest BCUT2D eigenvalue weighted by molar-refractivity contribution is 6.00. The smallest absolute Gasteiger partial charge is 0.288 e. The van der Waals surface area contributed by atoms with E-state index in [0.717, 1.165) is 5.39 Å². The Morgan fingerprint density at radius 1 is 1.19 bits per heavy atom. The third-order valence-electron chi connectivity index (χ3n) is 2.35. The molecule has 0 saturated heterocycles. The molecule has 0 aliphatic rings. The van der Waals surface area contributed by atoms with Gasteiger partial charge in [-0.25, -0.2) is 0 Å². The molecule has 0 fully saturated rings. The second-order valence-electron chi connectivity index (χ2n) is 3.35. The molecule has 0 aliphatic carbocycles. The summed E-state index contributed by atoms with van der Waals surface area (Å²) in [4.78, 5) is 8.71. The maximum atomic E-state index is 11.5. The summed E-state index contributed by atoms with van der Waals surface area (Å²) in [5, 5.41) is 15.9. The predicted octanol–water partition coefficient (Wildman–Crippen LogP) is 0.394. The van der Waals surface area contributed by atoms with E-state index in [1.165, 1.54) is 0 Å². The first-order chi connectivity index (χ1) is 7.75. The van der Waals surface area contributed by atoms with Crippen LogP contribution in [0.1, 0.15) is 0 Å². The molecule has 0 bridgehead atoms. The number of nitrogen functional groups attached to an aromatic ring is 1. The summed E-state index contributed by atoms with van der Waals surface area (Å²) in [6, 6.07) is 7.18. The fourth-order valence-electron chi connectivity index (χ4n) is 1.67. The number of hydrogen-bond acceptors (Lipinski definition) is 5. The van der Waals surface area contributed by atoms with Crippen LogP contribution >= 0.6 is 0 Å². The lowest BCUT2D eigenvalue weighted by atomic mass is 10.2. The Labute approximate surface area is 89.9 Å². The summed E-state index contributed by atoms with van der Waals surface area (Å²) in [5.74, 6) is -0.0550. The van der Waals surface area contributed by atoms with E-state index >= 15 is 0 Å². The molecule has 0 aliphatic heterocycles. The van der Waals surface area contributed by atoms with Gasteiger partial charge in [-0.05, 0) is 17.0 Å². The summed E-state index contributed by atoms with van der Waals surface area (Å²) in [7, 11) is 0. The number of nitrogens with two attached hydrogens (primary N) is 1. The molecule has 0 amide bonds. The zero-order chi connectivity index (χ0) is 11.1. The van der Waals surface area contributed by atoms with Crippen LogP contribution in [-0.2, 0) is 0 Å². The number of fused-ring (bicyclic) bond motifs is 3. The largest absolute Gasteiger partial charge is 0.594 e. The van der Waals surface area contributed by atoms with Crippen molar-refractivity contribution in [1.29, 1.82) is 0 Å². The second kappa shape index (κ2) is 2.99. The van der Waals surface area contributed by atoms with E-state index in [-0.39, 0.29) is 5.95 Å². The summed E-state index contributed by atoms with van der Waals surface area (Å²) < 4.78 is 0. The molecule has 78 valence electrons. The first-order valence-corrected chi connectivity index (χ1v) is 4.66. The molecule has 3 aromatic rings. The van der Waals surface area contributed by atoms with Gasteiger partial charge in [0.2, 0.25) is 0 Å². The second-order valence-corrected chi connectivity index (χ2v) is 3.35. The monoisotopic (exact) mass is 213 g/mol. The molecule has 1 aromatic carbocycles. The first kappa shape index (κ1) is 8.78. The molecule has 2 aromatic heterocycles. The van der Waals surface area contributed by atoms with Gasteiger partial charge in [-0.2, -0.15) is 4.98 Å². The van der Waals surface area contributed by atoms with Gasteiger partial charge in [0.1, 0.15) is 5.52 Å². The van der Waals surface area contributed by atoms with E-state index in [9.17, 15) is 5.21 Å². The van der Waals surface area contributed by atoms with Crippen molar-refractivity contribution in [3.05, 3.63) is 35.7 Å². The molecule has 3 rings (SSSR count). The fraction of sp³-hybridized carbons (Fsp3) is 0. The molecule has 0 spiro atoms. The quantitative estimate of drug-likeness (QED) is 0.331. The average molecular weight is 213 g/mol. The number of pyridine rings is 1. The molecule has 6 heteroatoms. The number of rotatable bonds is 0. The van der Waals surface area contributed by atoms with Gasteiger partial charge in [0, 0.05) is 17.6 Å². The van der Waals surface area contributed by atoms with Crippen LogP contribution in [0.3, 0.4) is 0 Å².